The molecule has 0 aliphatic rings. The van der Waals surface area contributed by atoms with Crippen LogP contribution in [0.25, 0.3) is 0 Å². The molecular weight excluding hydrogens is 166 g/mol. The smallest absolute Gasteiger partial charge is 0.168 e. The second-order valence-electron chi connectivity index (χ2n) is 3.34. The van der Waals surface area contributed by atoms with Crippen molar-refractivity contribution in [1.82, 2.24) is 10.2 Å². The van der Waals surface area contributed by atoms with Gasteiger partial charge < -0.3 is 5.73 Å². The number of nitrogens with one attached hydrogen (secondary N) is 1. The highest BCUT2D eigenvalue weighted by Crippen LogP contribution is 2.15. The zero-order chi connectivity index (χ0) is 9.84. The summed E-state index contributed by atoms with van der Waals surface area (Å²) >= 11 is 0. The molecule has 1 aromatic rings. The number of rotatable bonds is 4. The normalized spacial score (nSPS) is 12.8. The van der Waals surface area contributed by atoms with E-state index in [-0.39, 0.29) is 5.78 Å². The molecule has 0 fully saturated rings. The Morgan fingerprint density at radius 3 is 2.92 bits per heavy atom. The Morgan fingerprint density at radius 2 is 2.46 bits per heavy atom. The van der Waals surface area contributed by atoms with Gasteiger partial charge in [0, 0.05) is 6.42 Å². The first-order valence-corrected chi connectivity index (χ1v) is 4.47. The third-order valence-electron chi connectivity index (χ3n) is 2.20. The van der Waals surface area contributed by atoms with E-state index in [9.17, 15) is 4.79 Å². The molecule has 0 radical (unpaired) electrons. The number of H-pyrrole nitrogens is 1. The summed E-state index contributed by atoms with van der Waals surface area (Å²) in [7, 11) is 0. The number of carbonyl (C=O) groups excluding carboxylic acids is 1. The maximum absolute atomic E-state index is 11.6. The third-order valence-corrected chi connectivity index (χ3v) is 2.20. The van der Waals surface area contributed by atoms with E-state index in [1.807, 2.05) is 6.92 Å². The van der Waals surface area contributed by atoms with Crippen molar-refractivity contribution in [2.45, 2.75) is 26.7 Å². The topological polar surface area (TPSA) is 71.8 Å². The Balaban J connectivity index is 2.64. The quantitative estimate of drug-likeness (QED) is 0.693. The lowest BCUT2D eigenvalue weighted by atomic mass is 9.99. The van der Waals surface area contributed by atoms with E-state index in [0.29, 0.717) is 23.7 Å². The number of Topliss-reactive ketones (excluding diaryl/α,β-unsaturated/α-hetero) is 1. The maximum atomic E-state index is 11.6. The first-order chi connectivity index (χ1) is 6.15. The number of nitrogen functional groups attached to an aromatic ring is 1. The number of aromatic amines is 1. The van der Waals surface area contributed by atoms with Crippen molar-refractivity contribution in [2.24, 2.45) is 5.92 Å². The van der Waals surface area contributed by atoms with E-state index >= 15 is 0 Å². The summed E-state index contributed by atoms with van der Waals surface area (Å²) in [6.07, 6.45) is 3.03. The van der Waals surface area contributed by atoms with Gasteiger partial charge in [0.05, 0.1) is 11.8 Å². The van der Waals surface area contributed by atoms with Gasteiger partial charge in [-0.3, -0.25) is 9.89 Å². The molecule has 0 aromatic carbocycles. The maximum Gasteiger partial charge on any atom is 0.168 e. The monoisotopic (exact) mass is 181 g/mol. The Kier molecular flexibility index (Phi) is 3.06. The zero-order valence-corrected chi connectivity index (χ0v) is 8.00. The lowest BCUT2D eigenvalue weighted by Crippen LogP contribution is -2.06. The van der Waals surface area contributed by atoms with E-state index in [2.05, 4.69) is 17.1 Å². The van der Waals surface area contributed by atoms with Crippen molar-refractivity contribution in [3.8, 4) is 0 Å². The van der Waals surface area contributed by atoms with Crippen molar-refractivity contribution in [3.05, 3.63) is 11.8 Å². The van der Waals surface area contributed by atoms with Crippen molar-refractivity contribution in [1.29, 1.82) is 0 Å². The highest BCUT2D eigenvalue weighted by Gasteiger charge is 2.13. The Hall–Kier alpha value is -1.32. The van der Waals surface area contributed by atoms with Gasteiger partial charge in [-0.15, -0.1) is 0 Å². The van der Waals surface area contributed by atoms with Gasteiger partial charge in [-0.1, -0.05) is 20.3 Å². The van der Waals surface area contributed by atoms with Crippen LogP contribution in [0, 0.1) is 5.92 Å². The van der Waals surface area contributed by atoms with Crippen LogP contribution in [-0.2, 0) is 0 Å². The summed E-state index contributed by atoms with van der Waals surface area (Å²) in [6.45, 7) is 4.12. The van der Waals surface area contributed by atoms with Crippen LogP contribution in [0.2, 0.25) is 0 Å². The van der Waals surface area contributed by atoms with Crippen molar-refractivity contribution >= 4 is 11.6 Å². The molecular formula is C9H15N3O. The zero-order valence-electron chi connectivity index (χ0n) is 8.00. The van der Waals surface area contributed by atoms with Crippen LogP contribution >= 0.6 is 0 Å². The molecule has 1 heterocycles. The molecule has 1 rings (SSSR count). The Bertz CT molecular complexity index is 293. The summed E-state index contributed by atoms with van der Waals surface area (Å²) in [6, 6.07) is 0. The minimum Gasteiger partial charge on any atom is -0.383 e. The fraction of sp³-hybridized carbons (Fsp3) is 0.556. The molecule has 0 bridgehead atoms. The van der Waals surface area contributed by atoms with Crippen LogP contribution in [-0.4, -0.2) is 16.0 Å². The average Bonchev–Trinajstić information content (AvgIpc) is 2.51. The number of hydrogen-bond acceptors (Lipinski definition) is 3. The SMILES string of the molecule is CCC(C)CC(=O)c1cn[nH]c1N. The molecule has 3 N–H and O–H groups in total. The van der Waals surface area contributed by atoms with Gasteiger partial charge in [0.15, 0.2) is 5.78 Å². The molecule has 0 saturated heterocycles. The lowest BCUT2D eigenvalue weighted by Gasteiger charge is -2.05. The van der Waals surface area contributed by atoms with Crippen LogP contribution in [0.5, 0.6) is 0 Å². The number of nitrogens with zero attached hydrogens (tertiary/aromatic N) is 1. The molecule has 1 unspecified atom stereocenters. The molecule has 4 heteroatoms. The van der Waals surface area contributed by atoms with Crippen LogP contribution in [0.1, 0.15) is 37.0 Å². The van der Waals surface area contributed by atoms with Gasteiger partial charge in [-0.05, 0) is 5.92 Å². The number of hydrogen-bond donors (Lipinski definition) is 2. The summed E-state index contributed by atoms with van der Waals surface area (Å²) < 4.78 is 0. The third kappa shape index (κ3) is 2.31. The Labute approximate surface area is 77.5 Å². The van der Waals surface area contributed by atoms with E-state index in [1.165, 1.54) is 6.20 Å². The highest BCUT2D eigenvalue weighted by atomic mass is 16.1. The summed E-state index contributed by atoms with van der Waals surface area (Å²) in [5, 5.41) is 6.25. The summed E-state index contributed by atoms with van der Waals surface area (Å²) in [5.74, 6) is 0.843. The molecule has 72 valence electrons. The summed E-state index contributed by atoms with van der Waals surface area (Å²) in [5.41, 5.74) is 6.03. The minimum atomic E-state index is 0.0700. The molecule has 0 saturated carbocycles. The second-order valence-corrected chi connectivity index (χ2v) is 3.34. The van der Waals surface area contributed by atoms with Crippen LogP contribution in [0.15, 0.2) is 6.20 Å². The van der Waals surface area contributed by atoms with E-state index < -0.39 is 0 Å². The predicted octanol–water partition coefficient (Wildman–Crippen LogP) is 1.61. The number of nitrogens with two attached hydrogens (primary N) is 1. The van der Waals surface area contributed by atoms with Crippen LogP contribution < -0.4 is 5.73 Å². The molecule has 1 aromatic heterocycles. The van der Waals surface area contributed by atoms with Crippen molar-refractivity contribution in [3.63, 3.8) is 0 Å². The Morgan fingerprint density at radius 1 is 1.77 bits per heavy atom. The number of anilines is 1. The lowest BCUT2D eigenvalue weighted by molar-refractivity contribution is 0.0964. The first kappa shape index (κ1) is 9.77. The number of carbonyl (C=O) groups is 1. The van der Waals surface area contributed by atoms with E-state index in [4.69, 9.17) is 5.73 Å². The van der Waals surface area contributed by atoms with Gasteiger partial charge in [-0.2, -0.15) is 5.10 Å². The predicted molar refractivity (Wildman–Crippen MR) is 51.4 cm³/mol. The van der Waals surface area contributed by atoms with E-state index in [1.54, 1.807) is 0 Å². The fourth-order valence-corrected chi connectivity index (χ4v) is 1.09. The van der Waals surface area contributed by atoms with Gasteiger partial charge in [0.25, 0.3) is 0 Å². The van der Waals surface area contributed by atoms with Crippen molar-refractivity contribution < 1.29 is 4.79 Å². The second kappa shape index (κ2) is 4.07. The number of aromatic nitrogens is 2. The number of ketones is 1. The molecule has 4 nitrogen and oxygen atoms in total. The first-order valence-electron chi connectivity index (χ1n) is 4.47. The molecule has 0 aliphatic carbocycles. The fourth-order valence-electron chi connectivity index (χ4n) is 1.09. The molecule has 0 aliphatic heterocycles. The summed E-state index contributed by atoms with van der Waals surface area (Å²) in [4.78, 5) is 11.6. The minimum absolute atomic E-state index is 0.0700. The van der Waals surface area contributed by atoms with Gasteiger partial charge in [0.1, 0.15) is 5.82 Å². The van der Waals surface area contributed by atoms with E-state index in [0.717, 1.165) is 6.42 Å². The van der Waals surface area contributed by atoms with Gasteiger partial charge >= 0.3 is 0 Å². The van der Waals surface area contributed by atoms with Crippen LogP contribution in [0.3, 0.4) is 0 Å². The standard InChI is InChI=1S/C9H15N3O/c1-3-6(2)4-8(13)7-5-11-12-9(7)10/h5-6H,3-4H2,1-2H3,(H3,10,11,12). The molecule has 13 heavy (non-hydrogen) atoms. The molecule has 1 atom stereocenters. The molecule has 0 amide bonds. The van der Waals surface area contributed by atoms with Gasteiger partial charge in [-0.25, -0.2) is 0 Å². The largest absolute Gasteiger partial charge is 0.383 e. The molecule has 0 spiro atoms. The average molecular weight is 181 g/mol. The van der Waals surface area contributed by atoms with Crippen LogP contribution in [0.4, 0.5) is 5.82 Å². The van der Waals surface area contributed by atoms with Gasteiger partial charge in [0.2, 0.25) is 0 Å². The highest BCUT2D eigenvalue weighted by molar-refractivity contribution is 5.99. The van der Waals surface area contributed by atoms with Crippen molar-refractivity contribution in [2.75, 3.05) is 5.73 Å².